The van der Waals surface area contributed by atoms with E-state index in [2.05, 4.69) is 25.9 Å². The van der Waals surface area contributed by atoms with Crippen LogP contribution >= 0.6 is 0 Å². The third-order valence-electron chi connectivity index (χ3n) is 2.47. The van der Waals surface area contributed by atoms with Crippen molar-refractivity contribution in [3.05, 3.63) is 30.1 Å². The number of nitrogens with zero attached hydrogens (tertiary/aromatic N) is 4. The molecule has 0 aliphatic heterocycles. The van der Waals surface area contributed by atoms with E-state index in [4.69, 9.17) is 0 Å². The quantitative estimate of drug-likeness (QED) is 0.803. The number of anilines is 1. The molecule has 0 atom stereocenters. The standard InChI is InChI=1S/C10H14N6O2S/c1-16(2)19(17,18)9-6-4-3-5-8(9)11-7-10-12-14-15-13-10/h3-6,11H,7H2,1-2H3,(H,12,13,14,15). The molecule has 19 heavy (non-hydrogen) atoms. The van der Waals surface area contributed by atoms with E-state index in [1.807, 2.05) is 0 Å². The number of nitrogens with one attached hydrogen (secondary N) is 2. The molecule has 0 saturated carbocycles. The summed E-state index contributed by atoms with van der Waals surface area (Å²) in [5.74, 6) is 0.456. The van der Waals surface area contributed by atoms with Crippen LogP contribution in [-0.2, 0) is 16.6 Å². The van der Waals surface area contributed by atoms with Gasteiger partial charge in [0.1, 0.15) is 4.90 Å². The number of hydrogen-bond acceptors (Lipinski definition) is 6. The van der Waals surface area contributed by atoms with Crippen LogP contribution in [0, 0.1) is 0 Å². The van der Waals surface area contributed by atoms with Crippen molar-refractivity contribution in [3.8, 4) is 0 Å². The fourth-order valence-electron chi connectivity index (χ4n) is 1.47. The third-order valence-corrected chi connectivity index (χ3v) is 4.35. The van der Waals surface area contributed by atoms with Crippen molar-refractivity contribution in [2.24, 2.45) is 0 Å². The number of sulfonamides is 1. The Hall–Kier alpha value is -2.00. The molecular weight excluding hydrogens is 268 g/mol. The molecule has 2 rings (SSSR count). The second kappa shape index (κ2) is 5.33. The number of para-hydroxylation sites is 1. The summed E-state index contributed by atoms with van der Waals surface area (Å²) >= 11 is 0. The molecule has 0 radical (unpaired) electrons. The van der Waals surface area contributed by atoms with Crippen molar-refractivity contribution in [3.63, 3.8) is 0 Å². The predicted molar refractivity (Wildman–Crippen MR) is 68.8 cm³/mol. The van der Waals surface area contributed by atoms with Crippen molar-refractivity contribution in [2.45, 2.75) is 11.4 Å². The Kier molecular flexibility index (Phi) is 3.76. The molecule has 1 heterocycles. The summed E-state index contributed by atoms with van der Waals surface area (Å²) < 4.78 is 25.5. The van der Waals surface area contributed by atoms with Gasteiger partial charge in [-0.3, -0.25) is 0 Å². The third kappa shape index (κ3) is 2.88. The molecule has 0 spiro atoms. The van der Waals surface area contributed by atoms with Crippen molar-refractivity contribution >= 4 is 15.7 Å². The van der Waals surface area contributed by atoms with Gasteiger partial charge in [0.2, 0.25) is 10.0 Å². The van der Waals surface area contributed by atoms with Crippen molar-refractivity contribution in [1.29, 1.82) is 0 Å². The van der Waals surface area contributed by atoms with Gasteiger partial charge in [0.05, 0.1) is 12.2 Å². The van der Waals surface area contributed by atoms with E-state index in [9.17, 15) is 8.42 Å². The van der Waals surface area contributed by atoms with Crippen LogP contribution in [0.4, 0.5) is 5.69 Å². The molecule has 2 aromatic rings. The largest absolute Gasteiger partial charge is 0.376 e. The molecule has 8 nitrogen and oxygen atoms in total. The first-order valence-corrected chi connectivity index (χ1v) is 6.93. The predicted octanol–water partition coefficient (Wildman–Crippen LogP) is 0.0621. The average molecular weight is 282 g/mol. The van der Waals surface area contributed by atoms with E-state index in [1.165, 1.54) is 18.4 Å². The van der Waals surface area contributed by atoms with Gasteiger partial charge in [-0.1, -0.05) is 17.3 Å². The van der Waals surface area contributed by atoms with Gasteiger partial charge >= 0.3 is 0 Å². The minimum absolute atomic E-state index is 0.212. The number of hydrogen-bond donors (Lipinski definition) is 2. The fraction of sp³-hybridized carbons (Fsp3) is 0.300. The highest BCUT2D eigenvalue weighted by Crippen LogP contribution is 2.23. The molecule has 0 saturated heterocycles. The molecule has 2 N–H and O–H groups in total. The van der Waals surface area contributed by atoms with Gasteiger partial charge in [-0.2, -0.15) is 5.21 Å². The van der Waals surface area contributed by atoms with Crippen LogP contribution < -0.4 is 5.32 Å². The molecule has 0 bridgehead atoms. The minimum atomic E-state index is -3.49. The molecule has 0 aliphatic carbocycles. The van der Waals surface area contributed by atoms with Gasteiger partial charge < -0.3 is 5.32 Å². The van der Waals surface area contributed by atoms with Crippen LogP contribution in [0.15, 0.2) is 29.2 Å². The van der Waals surface area contributed by atoms with Gasteiger partial charge in [0.15, 0.2) is 5.82 Å². The second-order valence-electron chi connectivity index (χ2n) is 3.97. The van der Waals surface area contributed by atoms with Gasteiger partial charge in [0.25, 0.3) is 0 Å². The number of rotatable bonds is 5. The zero-order valence-corrected chi connectivity index (χ0v) is 11.3. The molecule has 0 fully saturated rings. The molecular formula is C10H14N6O2S. The number of aromatic nitrogens is 4. The molecule has 0 aliphatic rings. The second-order valence-corrected chi connectivity index (χ2v) is 6.09. The molecule has 1 aromatic carbocycles. The zero-order valence-electron chi connectivity index (χ0n) is 10.5. The summed E-state index contributed by atoms with van der Waals surface area (Å²) in [6.07, 6.45) is 0. The Morgan fingerprint density at radius 2 is 2.05 bits per heavy atom. The number of aromatic amines is 1. The summed E-state index contributed by atoms with van der Waals surface area (Å²) in [6, 6.07) is 6.67. The van der Waals surface area contributed by atoms with Gasteiger partial charge in [-0.25, -0.2) is 12.7 Å². The Morgan fingerprint density at radius 3 is 2.68 bits per heavy atom. The summed E-state index contributed by atoms with van der Waals surface area (Å²) in [5.41, 5.74) is 0.501. The number of benzene rings is 1. The summed E-state index contributed by atoms with van der Waals surface area (Å²) in [6.45, 7) is 0.288. The maximum atomic E-state index is 12.2. The Morgan fingerprint density at radius 1 is 1.32 bits per heavy atom. The lowest BCUT2D eigenvalue weighted by atomic mass is 10.3. The molecule has 1 aromatic heterocycles. The highest BCUT2D eigenvalue weighted by molar-refractivity contribution is 7.89. The van der Waals surface area contributed by atoms with Crippen LogP contribution in [0.25, 0.3) is 0 Å². The summed E-state index contributed by atoms with van der Waals surface area (Å²) in [5, 5.41) is 16.3. The average Bonchev–Trinajstić information content (AvgIpc) is 2.89. The van der Waals surface area contributed by atoms with Crippen LogP contribution in [0.5, 0.6) is 0 Å². The maximum Gasteiger partial charge on any atom is 0.244 e. The maximum absolute atomic E-state index is 12.2. The van der Waals surface area contributed by atoms with Crippen molar-refractivity contribution in [2.75, 3.05) is 19.4 Å². The highest BCUT2D eigenvalue weighted by atomic mass is 32.2. The van der Waals surface area contributed by atoms with Gasteiger partial charge in [0, 0.05) is 14.1 Å². The van der Waals surface area contributed by atoms with E-state index < -0.39 is 10.0 Å². The minimum Gasteiger partial charge on any atom is -0.376 e. The van der Waals surface area contributed by atoms with E-state index >= 15 is 0 Å². The Labute approximate surface area is 110 Å². The normalized spacial score (nSPS) is 11.7. The smallest absolute Gasteiger partial charge is 0.244 e. The first-order chi connectivity index (χ1) is 9.01. The highest BCUT2D eigenvalue weighted by Gasteiger charge is 2.20. The topological polar surface area (TPSA) is 104 Å². The van der Waals surface area contributed by atoms with Crippen LogP contribution in [0.2, 0.25) is 0 Å². The Bertz CT molecular complexity index is 638. The van der Waals surface area contributed by atoms with Crippen molar-refractivity contribution < 1.29 is 8.42 Å². The molecule has 0 unspecified atom stereocenters. The SMILES string of the molecule is CN(C)S(=O)(=O)c1ccccc1NCc1nn[nH]n1. The lowest BCUT2D eigenvalue weighted by Gasteiger charge is -2.15. The van der Waals surface area contributed by atoms with Crippen LogP contribution in [0.1, 0.15) is 5.82 Å². The monoisotopic (exact) mass is 282 g/mol. The van der Waals surface area contributed by atoms with Crippen molar-refractivity contribution in [1.82, 2.24) is 24.9 Å². The summed E-state index contributed by atoms with van der Waals surface area (Å²) in [7, 11) is -0.509. The zero-order chi connectivity index (χ0) is 13.9. The Balaban J connectivity index is 2.27. The van der Waals surface area contributed by atoms with Crippen LogP contribution in [0.3, 0.4) is 0 Å². The van der Waals surface area contributed by atoms with E-state index in [-0.39, 0.29) is 11.4 Å². The first kappa shape index (κ1) is 13.4. The fourth-order valence-corrected chi connectivity index (χ4v) is 2.53. The van der Waals surface area contributed by atoms with E-state index in [0.717, 1.165) is 0 Å². The molecule has 102 valence electrons. The van der Waals surface area contributed by atoms with Crippen LogP contribution in [-0.4, -0.2) is 47.4 Å². The van der Waals surface area contributed by atoms with Gasteiger partial charge in [-0.05, 0) is 12.1 Å². The lowest BCUT2D eigenvalue weighted by molar-refractivity contribution is 0.521. The summed E-state index contributed by atoms with van der Waals surface area (Å²) in [4.78, 5) is 0.212. The van der Waals surface area contributed by atoms with Gasteiger partial charge in [-0.15, -0.1) is 10.2 Å². The number of H-pyrrole nitrogens is 1. The van der Waals surface area contributed by atoms with E-state index in [1.54, 1.807) is 24.3 Å². The number of tetrazole rings is 1. The lowest BCUT2D eigenvalue weighted by Crippen LogP contribution is -2.23. The first-order valence-electron chi connectivity index (χ1n) is 5.49. The molecule has 9 heteroatoms. The molecule has 0 amide bonds. The van der Waals surface area contributed by atoms with E-state index in [0.29, 0.717) is 11.5 Å².